The average molecular weight is 1010 g/mol. The highest BCUT2D eigenvalue weighted by Crippen LogP contribution is 2.17. The van der Waals surface area contributed by atoms with Crippen molar-refractivity contribution in [2.75, 3.05) is 13.2 Å². The van der Waals surface area contributed by atoms with Crippen LogP contribution in [-0.2, 0) is 14.3 Å². The number of aliphatic hydroxyl groups excluding tert-OH is 2. The Morgan fingerprint density at radius 2 is 0.694 bits per heavy atom. The number of aliphatic hydroxyl groups is 2. The molecule has 6 heteroatoms. The summed E-state index contributed by atoms with van der Waals surface area (Å²) in [7, 11) is 0. The maximum Gasteiger partial charge on any atom is 0.305 e. The Labute approximate surface area is 448 Å². The molecule has 0 aliphatic heterocycles. The van der Waals surface area contributed by atoms with Gasteiger partial charge in [0.1, 0.15) is 0 Å². The molecule has 3 N–H and O–H groups in total. The third kappa shape index (κ3) is 57.1. The van der Waals surface area contributed by atoms with E-state index in [0.29, 0.717) is 25.9 Å². The molecule has 0 bridgehead atoms. The molecule has 0 aromatic heterocycles. The first-order valence-electron chi connectivity index (χ1n) is 31.9. The van der Waals surface area contributed by atoms with Crippen molar-refractivity contribution in [1.82, 2.24) is 5.32 Å². The molecule has 2 unspecified atom stereocenters. The molecule has 0 rings (SSSR count). The summed E-state index contributed by atoms with van der Waals surface area (Å²) in [6, 6.07) is -0.556. The molecule has 0 spiro atoms. The molecular formula is C66H123NO5. The van der Waals surface area contributed by atoms with E-state index in [1.807, 2.05) is 0 Å². The number of nitrogens with one attached hydrogen (secondary N) is 1. The van der Waals surface area contributed by atoms with Crippen LogP contribution < -0.4 is 5.32 Å². The second-order valence-electron chi connectivity index (χ2n) is 21.7. The fourth-order valence-electron chi connectivity index (χ4n) is 9.70. The van der Waals surface area contributed by atoms with Crippen LogP contribution in [0.1, 0.15) is 335 Å². The molecule has 1 amide bonds. The van der Waals surface area contributed by atoms with Crippen molar-refractivity contribution < 1.29 is 24.5 Å². The predicted octanol–water partition coefficient (Wildman–Crippen LogP) is 20.1. The number of allylic oxidation sites excluding steroid dienone is 8. The van der Waals surface area contributed by atoms with Crippen LogP contribution in [0, 0.1) is 0 Å². The van der Waals surface area contributed by atoms with Crippen LogP contribution in [0.15, 0.2) is 48.6 Å². The van der Waals surface area contributed by atoms with Crippen LogP contribution in [-0.4, -0.2) is 47.4 Å². The van der Waals surface area contributed by atoms with Gasteiger partial charge in [0.25, 0.3) is 0 Å². The first-order chi connectivity index (χ1) is 35.5. The molecule has 0 heterocycles. The van der Waals surface area contributed by atoms with Crippen molar-refractivity contribution in [2.24, 2.45) is 0 Å². The Balaban J connectivity index is 3.50. The average Bonchev–Trinajstić information content (AvgIpc) is 3.38. The third-order valence-corrected chi connectivity index (χ3v) is 14.6. The van der Waals surface area contributed by atoms with E-state index in [9.17, 15) is 19.8 Å². The molecule has 0 radical (unpaired) electrons. The summed E-state index contributed by atoms with van der Waals surface area (Å²) in [6.07, 6.45) is 78.3. The third-order valence-electron chi connectivity index (χ3n) is 14.6. The Morgan fingerprint density at radius 1 is 0.389 bits per heavy atom. The second kappa shape index (κ2) is 61.4. The van der Waals surface area contributed by atoms with Crippen molar-refractivity contribution in [2.45, 2.75) is 347 Å². The Hall–Kier alpha value is -2.18. The summed E-state index contributed by atoms with van der Waals surface area (Å²) in [5, 5.41) is 23.4. The number of carbonyl (C=O) groups is 2. The summed E-state index contributed by atoms with van der Waals surface area (Å²) < 4.78 is 5.45. The highest BCUT2D eigenvalue weighted by molar-refractivity contribution is 5.76. The van der Waals surface area contributed by atoms with E-state index in [-0.39, 0.29) is 18.5 Å². The Bertz CT molecular complexity index is 1210. The molecule has 72 heavy (non-hydrogen) atoms. The molecule has 6 nitrogen and oxygen atoms in total. The predicted molar refractivity (Wildman–Crippen MR) is 315 cm³/mol. The number of ether oxygens (including phenoxy) is 1. The molecule has 2 atom stereocenters. The van der Waals surface area contributed by atoms with Gasteiger partial charge in [-0.3, -0.25) is 9.59 Å². The highest BCUT2D eigenvalue weighted by atomic mass is 16.5. The molecule has 422 valence electrons. The lowest BCUT2D eigenvalue weighted by atomic mass is 10.0. The van der Waals surface area contributed by atoms with Crippen LogP contribution >= 0.6 is 0 Å². The van der Waals surface area contributed by atoms with Gasteiger partial charge in [-0.05, 0) is 96.3 Å². The molecule has 0 saturated carbocycles. The van der Waals surface area contributed by atoms with E-state index in [1.165, 1.54) is 205 Å². The van der Waals surface area contributed by atoms with Gasteiger partial charge in [-0.25, -0.2) is 0 Å². The van der Waals surface area contributed by atoms with Crippen molar-refractivity contribution in [3.8, 4) is 0 Å². The van der Waals surface area contributed by atoms with Gasteiger partial charge in [0.05, 0.1) is 25.4 Å². The fourth-order valence-corrected chi connectivity index (χ4v) is 9.70. The summed E-state index contributed by atoms with van der Waals surface area (Å²) in [5.41, 5.74) is 0. The molecule has 0 aliphatic carbocycles. The van der Waals surface area contributed by atoms with Crippen LogP contribution in [0.4, 0.5) is 0 Å². The maximum absolute atomic E-state index is 12.5. The lowest BCUT2D eigenvalue weighted by molar-refractivity contribution is -0.143. The quantitative estimate of drug-likeness (QED) is 0.0320. The summed E-state index contributed by atoms with van der Waals surface area (Å²) in [4.78, 5) is 24.6. The lowest BCUT2D eigenvalue weighted by Crippen LogP contribution is -2.45. The Morgan fingerprint density at radius 3 is 1.07 bits per heavy atom. The minimum atomic E-state index is -0.678. The van der Waals surface area contributed by atoms with Crippen LogP contribution in [0.5, 0.6) is 0 Å². The topological polar surface area (TPSA) is 95.9 Å². The summed E-state index contributed by atoms with van der Waals surface area (Å²) in [6.45, 7) is 4.90. The second-order valence-corrected chi connectivity index (χ2v) is 21.7. The molecule has 0 aliphatic rings. The zero-order valence-corrected chi connectivity index (χ0v) is 48.2. The van der Waals surface area contributed by atoms with Crippen molar-refractivity contribution in [3.63, 3.8) is 0 Å². The van der Waals surface area contributed by atoms with Gasteiger partial charge >= 0.3 is 5.97 Å². The van der Waals surface area contributed by atoms with E-state index in [4.69, 9.17) is 4.74 Å². The number of esters is 1. The monoisotopic (exact) mass is 1010 g/mol. The number of hydrogen-bond acceptors (Lipinski definition) is 5. The minimum absolute atomic E-state index is 0.0287. The molecule has 0 aromatic carbocycles. The van der Waals surface area contributed by atoms with Gasteiger partial charge in [-0.1, -0.05) is 274 Å². The van der Waals surface area contributed by atoms with Gasteiger partial charge in [0.15, 0.2) is 0 Å². The standard InChI is InChI=1S/C66H123NO5/c1-3-5-7-9-11-13-15-17-19-21-22-23-24-25-27-30-34-38-42-46-50-54-58-64(69)63(62-68)67-65(70)59-55-51-47-43-39-35-31-28-26-29-33-37-41-45-49-53-57-61-72-66(71)60-56-52-48-44-40-36-32-20-18-16-14-12-10-8-6-4-2/h14,16,20,26,29,32,37,41,63-64,68-69H,3-13,15,17-19,21-25,27-28,30-31,33-36,38-40,42-62H2,1-2H3,(H,67,70)/b16-14-,29-26-,32-20-,41-37-. The molecular weight excluding hydrogens is 887 g/mol. The first kappa shape index (κ1) is 69.8. The van der Waals surface area contributed by atoms with Crippen LogP contribution in [0.2, 0.25) is 0 Å². The smallest absolute Gasteiger partial charge is 0.305 e. The van der Waals surface area contributed by atoms with Crippen molar-refractivity contribution in [1.29, 1.82) is 0 Å². The normalized spacial score (nSPS) is 12.9. The van der Waals surface area contributed by atoms with Gasteiger partial charge in [0.2, 0.25) is 5.91 Å². The fraction of sp³-hybridized carbons (Fsp3) is 0.848. The van der Waals surface area contributed by atoms with Gasteiger partial charge in [-0.15, -0.1) is 0 Å². The maximum atomic E-state index is 12.5. The van der Waals surface area contributed by atoms with E-state index >= 15 is 0 Å². The van der Waals surface area contributed by atoms with E-state index < -0.39 is 12.1 Å². The van der Waals surface area contributed by atoms with Crippen molar-refractivity contribution >= 4 is 11.9 Å². The van der Waals surface area contributed by atoms with Crippen LogP contribution in [0.25, 0.3) is 0 Å². The van der Waals surface area contributed by atoms with Gasteiger partial charge < -0.3 is 20.3 Å². The number of hydrogen-bond donors (Lipinski definition) is 3. The Kier molecular flexibility index (Phi) is 59.5. The number of rotatable bonds is 59. The van der Waals surface area contributed by atoms with E-state index in [1.54, 1.807) is 0 Å². The zero-order valence-electron chi connectivity index (χ0n) is 48.2. The van der Waals surface area contributed by atoms with E-state index in [2.05, 4.69) is 67.8 Å². The number of amides is 1. The molecule has 0 saturated heterocycles. The minimum Gasteiger partial charge on any atom is -0.466 e. The summed E-state index contributed by atoms with van der Waals surface area (Å²) in [5.74, 6) is -0.0779. The summed E-state index contributed by atoms with van der Waals surface area (Å²) >= 11 is 0. The highest BCUT2D eigenvalue weighted by Gasteiger charge is 2.20. The number of carbonyl (C=O) groups excluding carboxylic acids is 2. The molecule has 0 aromatic rings. The SMILES string of the molecule is CCCCCC/C=C\C/C=C\CCCCCCCC(=O)OCCCCC/C=C\C/C=C\CCCCCCCCCC(=O)NC(CO)C(O)CCCCCCCCCCCCCCCCCCCCCCCC. The van der Waals surface area contributed by atoms with Gasteiger partial charge in [0, 0.05) is 12.8 Å². The first-order valence-corrected chi connectivity index (χ1v) is 31.9. The largest absolute Gasteiger partial charge is 0.466 e. The lowest BCUT2D eigenvalue weighted by Gasteiger charge is -2.22. The number of unbranched alkanes of at least 4 members (excludes halogenated alkanes) is 40. The molecule has 0 fully saturated rings. The van der Waals surface area contributed by atoms with Crippen molar-refractivity contribution in [3.05, 3.63) is 48.6 Å². The zero-order chi connectivity index (χ0) is 52.2. The van der Waals surface area contributed by atoms with Gasteiger partial charge in [-0.2, -0.15) is 0 Å². The van der Waals surface area contributed by atoms with E-state index in [0.717, 1.165) is 96.3 Å². The van der Waals surface area contributed by atoms with Crippen LogP contribution in [0.3, 0.4) is 0 Å².